The molecule has 0 fully saturated rings. The van der Waals surface area contributed by atoms with Crippen molar-refractivity contribution in [2.24, 2.45) is 0 Å². The Morgan fingerprint density at radius 2 is 1.48 bits per heavy atom. The van der Waals surface area contributed by atoms with Crippen LogP contribution in [0.5, 0.6) is 11.5 Å². The third-order valence-electron chi connectivity index (χ3n) is 8.91. The van der Waals surface area contributed by atoms with Crippen LogP contribution < -0.4 is 4.74 Å². The van der Waals surface area contributed by atoms with Gasteiger partial charge in [-0.15, -0.1) is 35.7 Å². The Kier molecular flexibility index (Phi) is 9.45. The number of hydrogen-bond acceptors (Lipinski definition) is 3. The number of pyridine rings is 1. The van der Waals surface area contributed by atoms with Crippen molar-refractivity contribution in [3.05, 3.63) is 132 Å². The number of aromatic nitrogens is 4. The van der Waals surface area contributed by atoms with Crippen molar-refractivity contribution in [3.8, 4) is 34.1 Å². The summed E-state index contributed by atoms with van der Waals surface area (Å²) in [7, 11) is 0. The summed E-state index contributed by atoms with van der Waals surface area (Å²) in [4.78, 5) is 4.69. The van der Waals surface area contributed by atoms with Crippen molar-refractivity contribution in [3.63, 3.8) is 0 Å². The molecule has 0 saturated carbocycles. The van der Waals surface area contributed by atoms with E-state index in [0.717, 1.165) is 44.4 Å². The summed E-state index contributed by atoms with van der Waals surface area (Å²) in [5.74, 6) is 3.28. The molecular weight excluding hydrogens is 772 g/mol. The van der Waals surface area contributed by atoms with Crippen LogP contribution in [0.15, 0.2) is 97.5 Å². The van der Waals surface area contributed by atoms with Crippen LogP contribution in [0.2, 0.25) is 0 Å². The average Bonchev–Trinajstić information content (AvgIpc) is 3.67. The summed E-state index contributed by atoms with van der Waals surface area (Å²) < 4.78 is 10.5. The second-order valence-electron chi connectivity index (χ2n) is 13.3. The normalized spacial score (nSPS) is 11.6. The summed E-state index contributed by atoms with van der Waals surface area (Å²) in [5, 5.41) is 7.06. The molecule has 0 N–H and O–H groups in total. The molecule has 4 aromatic carbocycles. The van der Waals surface area contributed by atoms with E-state index in [9.17, 15) is 0 Å². The topological polar surface area (TPSA) is 44.9 Å². The molecule has 0 spiro atoms. The molecule has 244 valence electrons. The summed E-state index contributed by atoms with van der Waals surface area (Å²) in [6, 6.07) is 34.1. The summed E-state index contributed by atoms with van der Waals surface area (Å²) in [6.07, 6.45) is 5.96. The second-order valence-corrected chi connectivity index (χ2v) is 13.3. The predicted molar refractivity (Wildman–Crippen MR) is 192 cm³/mol. The van der Waals surface area contributed by atoms with Gasteiger partial charge in [0, 0.05) is 35.0 Å². The van der Waals surface area contributed by atoms with Gasteiger partial charge in [0.15, 0.2) is 0 Å². The maximum absolute atomic E-state index is 6.41. The van der Waals surface area contributed by atoms with Gasteiger partial charge in [0.25, 0.3) is 0 Å². The molecule has 7 rings (SSSR count). The van der Waals surface area contributed by atoms with Crippen molar-refractivity contribution < 1.29 is 25.8 Å². The van der Waals surface area contributed by atoms with Crippen LogP contribution in [0.3, 0.4) is 0 Å². The van der Waals surface area contributed by atoms with Crippen LogP contribution in [0.25, 0.3) is 44.4 Å². The van der Waals surface area contributed by atoms with Gasteiger partial charge >= 0.3 is 21.1 Å². The first kappa shape index (κ1) is 33.4. The minimum Gasteiger partial charge on any atom is -0.509 e. The van der Waals surface area contributed by atoms with Crippen LogP contribution in [-0.4, -0.2) is 19.3 Å². The van der Waals surface area contributed by atoms with Gasteiger partial charge in [-0.2, -0.15) is 17.2 Å². The molecule has 48 heavy (non-hydrogen) atoms. The molecule has 0 aliphatic carbocycles. The van der Waals surface area contributed by atoms with Gasteiger partial charge in [-0.3, -0.25) is 4.68 Å². The second kappa shape index (κ2) is 13.6. The van der Waals surface area contributed by atoms with E-state index in [1.165, 1.54) is 22.3 Å². The first-order chi connectivity index (χ1) is 22.7. The van der Waals surface area contributed by atoms with Crippen LogP contribution >= 0.6 is 0 Å². The van der Waals surface area contributed by atoms with E-state index in [0.29, 0.717) is 29.3 Å². The summed E-state index contributed by atoms with van der Waals surface area (Å²) >= 11 is 0. The third kappa shape index (κ3) is 6.13. The van der Waals surface area contributed by atoms with E-state index >= 15 is 0 Å². The molecule has 0 atom stereocenters. The monoisotopic (exact) mass is 811 g/mol. The molecule has 0 saturated heterocycles. The minimum atomic E-state index is 0. The Balaban J connectivity index is 0.00000401. The van der Waals surface area contributed by atoms with E-state index in [1.54, 1.807) is 0 Å². The van der Waals surface area contributed by atoms with E-state index in [1.807, 2.05) is 47.4 Å². The van der Waals surface area contributed by atoms with Crippen molar-refractivity contribution in [2.75, 3.05) is 0 Å². The molecule has 0 unspecified atom stereocenters. The zero-order valence-electron chi connectivity index (χ0n) is 28.5. The Morgan fingerprint density at radius 1 is 0.729 bits per heavy atom. The van der Waals surface area contributed by atoms with Crippen LogP contribution in [0.1, 0.15) is 81.5 Å². The summed E-state index contributed by atoms with van der Waals surface area (Å²) in [6.45, 7) is 15.7. The van der Waals surface area contributed by atoms with Crippen LogP contribution in [0.4, 0.5) is 0 Å². The van der Waals surface area contributed by atoms with Gasteiger partial charge < -0.3 is 9.30 Å². The fraction of sp³-hybridized carbons (Fsp3) is 0.238. The molecule has 7 aromatic rings. The first-order valence-electron chi connectivity index (χ1n) is 16.5. The Bertz CT molecular complexity index is 2240. The zero-order valence-corrected chi connectivity index (χ0v) is 30.8. The zero-order chi connectivity index (χ0) is 32.8. The molecule has 0 aliphatic heterocycles. The molecular formula is C42H40N4OPt. The van der Waals surface area contributed by atoms with E-state index in [-0.39, 0.29) is 21.1 Å². The van der Waals surface area contributed by atoms with Crippen LogP contribution in [-0.2, 0) is 21.1 Å². The number of ether oxygens (including phenoxy) is 1. The average molecular weight is 812 g/mol. The van der Waals surface area contributed by atoms with Gasteiger partial charge in [0.2, 0.25) is 0 Å². The number of nitrogens with zero attached hydrogens (tertiary/aromatic N) is 4. The van der Waals surface area contributed by atoms with Crippen LogP contribution in [0, 0.1) is 19.1 Å². The number of aryl methyl sites for hydroxylation is 1. The van der Waals surface area contributed by atoms with E-state index in [2.05, 4.69) is 120 Å². The molecule has 0 amide bonds. The molecule has 3 heterocycles. The van der Waals surface area contributed by atoms with Gasteiger partial charge in [-0.25, -0.2) is 4.98 Å². The molecule has 5 nitrogen and oxygen atoms in total. The maximum atomic E-state index is 6.41. The van der Waals surface area contributed by atoms with Crippen molar-refractivity contribution in [2.45, 2.75) is 66.2 Å². The number of benzene rings is 4. The van der Waals surface area contributed by atoms with Gasteiger partial charge in [0.05, 0.1) is 6.20 Å². The fourth-order valence-electron chi connectivity index (χ4n) is 6.73. The number of hydrogen-bond donors (Lipinski definition) is 0. The van der Waals surface area contributed by atoms with Crippen molar-refractivity contribution in [1.29, 1.82) is 0 Å². The smallest absolute Gasteiger partial charge is 0.509 e. The van der Waals surface area contributed by atoms with E-state index in [4.69, 9.17) is 14.8 Å². The first-order valence-corrected chi connectivity index (χ1v) is 16.5. The standard InChI is InChI=1S/C42H40N4O.Pt/c1-26(2)34-17-18-35(27(3)4)42(41(34)28(5)6)30-24-44-45(25-30)31-11-10-12-32(22-31)47-33-15-16-37-36-13-8-9-14-38(36)46(39(37)23-33)40-21-29(7)19-20-43-40;/h8-21,24-28H,1-7H3;/q-2;+2. The third-order valence-corrected chi connectivity index (χ3v) is 8.91. The quantitative estimate of drug-likeness (QED) is 0.144. The molecule has 0 radical (unpaired) electrons. The number of para-hydroxylation sites is 1. The molecule has 0 bridgehead atoms. The Hall–Kier alpha value is -4.47. The van der Waals surface area contributed by atoms with Gasteiger partial charge in [0.1, 0.15) is 5.82 Å². The van der Waals surface area contributed by atoms with Gasteiger partial charge in [-0.05, 0) is 81.8 Å². The Labute approximate surface area is 297 Å². The molecule has 6 heteroatoms. The number of rotatable bonds is 8. The van der Waals surface area contributed by atoms with E-state index < -0.39 is 0 Å². The summed E-state index contributed by atoms with van der Waals surface area (Å²) in [5.41, 5.74) is 10.5. The Morgan fingerprint density at radius 3 is 2.23 bits per heavy atom. The van der Waals surface area contributed by atoms with Crippen molar-refractivity contribution >= 4 is 21.8 Å². The largest absolute Gasteiger partial charge is 2.00 e. The molecule has 3 aromatic heterocycles. The van der Waals surface area contributed by atoms with Gasteiger partial charge in [-0.1, -0.05) is 77.4 Å². The molecule has 0 aliphatic rings. The van der Waals surface area contributed by atoms with Crippen molar-refractivity contribution in [1.82, 2.24) is 19.3 Å². The minimum absolute atomic E-state index is 0. The maximum Gasteiger partial charge on any atom is 2.00 e. The fourth-order valence-corrected chi connectivity index (χ4v) is 6.73. The predicted octanol–water partition coefficient (Wildman–Crippen LogP) is 11.1. The number of fused-ring (bicyclic) bond motifs is 3. The SMILES string of the molecule is Cc1ccnc(-n2c3[c-]c(Oc4[c-]c(-n5cc(-c6c(C(C)C)ccc(C(C)C)c6C(C)C)cn5)ccc4)ccc3c3ccccc32)c1.[Pt+2].